The molecule has 0 radical (unpaired) electrons. The largest absolute Gasteiger partial charge is 0.454 e. The standard InChI is InChI=1S/C15H13ClF3NO2.C2H6/c16-11-2-1-3-12-13(11)10(14(21)15(17,18)19)7-20(12)6-9-4-5-22-8-9;1-2/h1-3,7,9H,4-6,8H2;1-2H3. The summed E-state index contributed by atoms with van der Waals surface area (Å²) in [6, 6.07) is 4.82. The molecule has 132 valence electrons. The van der Waals surface area contributed by atoms with Crippen LogP contribution in [0.2, 0.25) is 5.02 Å². The second-order valence-corrected chi connectivity index (χ2v) is 5.79. The molecule has 2 heterocycles. The molecule has 1 aromatic carbocycles. The fourth-order valence-corrected chi connectivity index (χ4v) is 3.06. The molecule has 1 aliphatic rings. The Labute approximate surface area is 143 Å². The van der Waals surface area contributed by atoms with E-state index in [-0.39, 0.29) is 16.3 Å². The van der Waals surface area contributed by atoms with E-state index in [1.807, 2.05) is 13.8 Å². The maximum absolute atomic E-state index is 12.8. The monoisotopic (exact) mass is 361 g/mol. The van der Waals surface area contributed by atoms with Crippen LogP contribution in [0.5, 0.6) is 0 Å². The predicted octanol–water partition coefficient (Wildman–Crippen LogP) is 5.10. The molecule has 7 heteroatoms. The van der Waals surface area contributed by atoms with Gasteiger partial charge in [-0.25, -0.2) is 0 Å². The number of carbonyl (C=O) groups excluding carboxylic acids is 1. The fourth-order valence-electron chi connectivity index (χ4n) is 2.79. The Morgan fingerprint density at radius 1 is 1.38 bits per heavy atom. The van der Waals surface area contributed by atoms with E-state index in [0.29, 0.717) is 25.3 Å². The Bertz CT molecular complexity index is 718. The van der Waals surface area contributed by atoms with Crippen molar-refractivity contribution in [1.82, 2.24) is 4.57 Å². The third kappa shape index (κ3) is 3.75. The highest BCUT2D eigenvalue weighted by atomic mass is 35.5. The van der Waals surface area contributed by atoms with Gasteiger partial charge in [-0.3, -0.25) is 4.79 Å². The van der Waals surface area contributed by atoms with Crippen LogP contribution >= 0.6 is 11.6 Å². The molecule has 3 nitrogen and oxygen atoms in total. The SMILES string of the molecule is CC.O=C(c1cn(CC2CCOC2)c2cccc(Cl)c12)C(F)(F)F. The molecule has 0 spiro atoms. The topological polar surface area (TPSA) is 31.2 Å². The van der Waals surface area contributed by atoms with Gasteiger partial charge in [-0.05, 0) is 18.6 Å². The summed E-state index contributed by atoms with van der Waals surface area (Å²) < 4.78 is 45.3. The average Bonchev–Trinajstić information content (AvgIpc) is 3.17. The van der Waals surface area contributed by atoms with Crippen LogP contribution in [-0.2, 0) is 11.3 Å². The Morgan fingerprint density at radius 2 is 2.08 bits per heavy atom. The van der Waals surface area contributed by atoms with Crippen LogP contribution in [-0.4, -0.2) is 29.7 Å². The van der Waals surface area contributed by atoms with Gasteiger partial charge < -0.3 is 9.30 Å². The normalized spacial score (nSPS) is 17.7. The number of ether oxygens (including phenoxy) is 1. The second-order valence-electron chi connectivity index (χ2n) is 5.39. The Hall–Kier alpha value is -1.53. The highest BCUT2D eigenvalue weighted by Crippen LogP contribution is 2.33. The minimum atomic E-state index is -4.92. The van der Waals surface area contributed by atoms with Gasteiger partial charge in [-0.2, -0.15) is 13.2 Å². The molecule has 1 unspecified atom stereocenters. The molecule has 0 saturated carbocycles. The highest BCUT2D eigenvalue weighted by molar-refractivity contribution is 6.37. The van der Waals surface area contributed by atoms with Crippen molar-refractivity contribution in [2.24, 2.45) is 5.92 Å². The summed E-state index contributed by atoms with van der Waals surface area (Å²) in [5.41, 5.74) is 0.138. The van der Waals surface area contributed by atoms with E-state index in [0.717, 1.165) is 6.42 Å². The quantitative estimate of drug-likeness (QED) is 0.712. The van der Waals surface area contributed by atoms with Crippen LogP contribution < -0.4 is 0 Å². The number of benzene rings is 1. The lowest BCUT2D eigenvalue weighted by atomic mass is 10.1. The third-order valence-corrected chi connectivity index (χ3v) is 4.15. The highest BCUT2D eigenvalue weighted by Gasteiger charge is 2.41. The summed E-state index contributed by atoms with van der Waals surface area (Å²) in [4.78, 5) is 11.7. The minimum Gasteiger partial charge on any atom is -0.381 e. The van der Waals surface area contributed by atoms with Gasteiger partial charge in [0.2, 0.25) is 0 Å². The van der Waals surface area contributed by atoms with Gasteiger partial charge in [-0.15, -0.1) is 0 Å². The molecule has 1 fully saturated rings. The van der Waals surface area contributed by atoms with E-state index in [4.69, 9.17) is 16.3 Å². The summed E-state index contributed by atoms with van der Waals surface area (Å²) in [7, 11) is 0. The van der Waals surface area contributed by atoms with Gasteiger partial charge >= 0.3 is 6.18 Å². The maximum atomic E-state index is 12.8. The first-order chi connectivity index (χ1) is 11.4. The van der Waals surface area contributed by atoms with Gasteiger partial charge in [0.05, 0.1) is 22.7 Å². The zero-order valence-electron chi connectivity index (χ0n) is 13.5. The van der Waals surface area contributed by atoms with Gasteiger partial charge in [0.1, 0.15) is 0 Å². The first kappa shape index (κ1) is 18.8. The molecule has 24 heavy (non-hydrogen) atoms. The molecular weight excluding hydrogens is 343 g/mol. The van der Waals surface area contributed by atoms with E-state index < -0.39 is 17.5 Å². The van der Waals surface area contributed by atoms with Crippen LogP contribution in [0.4, 0.5) is 13.2 Å². The lowest BCUT2D eigenvalue weighted by Gasteiger charge is -2.10. The molecule has 0 bridgehead atoms. The molecule has 0 N–H and O–H groups in total. The van der Waals surface area contributed by atoms with Gasteiger partial charge in [0, 0.05) is 30.7 Å². The van der Waals surface area contributed by atoms with Crippen molar-refractivity contribution in [2.45, 2.75) is 33.0 Å². The average molecular weight is 362 g/mol. The lowest BCUT2D eigenvalue weighted by Crippen LogP contribution is -2.22. The van der Waals surface area contributed by atoms with Crippen molar-refractivity contribution in [3.8, 4) is 0 Å². The van der Waals surface area contributed by atoms with Gasteiger partial charge in [0.25, 0.3) is 5.78 Å². The van der Waals surface area contributed by atoms with Crippen molar-refractivity contribution >= 4 is 28.3 Å². The van der Waals surface area contributed by atoms with E-state index >= 15 is 0 Å². The predicted molar refractivity (Wildman–Crippen MR) is 87.6 cm³/mol. The van der Waals surface area contributed by atoms with Crippen molar-refractivity contribution in [3.63, 3.8) is 0 Å². The smallest absolute Gasteiger partial charge is 0.381 e. The number of rotatable bonds is 3. The summed E-state index contributed by atoms with van der Waals surface area (Å²) in [6.07, 6.45) is -2.82. The number of halogens is 4. The van der Waals surface area contributed by atoms with Gasteiger partial charge in [-0.1, -0.05) is 31.5 Å². The first-order valence-electron chi connectivity index (χ1n) is 7.84. The number of nitrogens with zero attached hydrogens (tertiary/aromatic N) is 1. The number of Topliss-reactive ketones (excluding diaryl/α,β-unsaturated/α-hetero) is 1. The molecule has 3 rings (SSSR count). The first-order valence-corrected chi connectivity index (χ1v) is 8.22. The fraction of sp³-hybridized carbons (Fsp3) is 0.471. The van der Waals surface area contributed by atoms with Crippen LogP contribution in [0, 0.1) is 5.92 Å². The number of ketones is 1. The number of hydrogen-bond acceptors (Lipinski definition) is 2. The molecule has 1 aliphatic heterocycles. The number of carbonyl (C=O) groups is 1. The summed E-state index contributed by atoms with van der Waals surface area (Å²) >= 11 is 6.03. The van der Waals surface area contributed by atoms with E-state index in [1.54, 1.807) is 16.7 Å². The Morgan fingerprint density at radius 3 is 2.67 bits per heavy atom. The molecule has 1 aromatic heterocycles. The zero-order chi connectivity index (χ0) is 17.9. The Kier molecular flexibility index (Phi) is 5.93. The van der Waals surface area contributed by atoms with Crippen molar-refractivity contribution in [1.29, 1.82) is 0 Å². The van der Waals surface area contributed by atoms with Crippen molar-refractivity contribution < 1.29 is 22.7 Å². The van der Waals surface area contributed by atoms with Crippen LogP contribution in [0.25, 0.3) is 10.9 Å². The van der Waals surface area contributed by atoms with E-state index in [2.05, 4.69) is 0 Å². The molecular formula is C17H19ClF3NO2. The third-order valence-electron chi connectivity index (χ3n) is 3.84. The second kappa shape index (κ2) is 7.57. The number of alkyl halides is 3. The van der Waals surface area contributed by atoms with Gasteiger partial charge in [0.15, 0.2) is 0 Å². The van der Waals surface area contributed by atoms with Crippen LogP contribution in [0.1, 0.15) is 30.6 Å². The molecule has 0 amide bonds. The molecule has 0 aliphatic carbocycles. The zero-order valence-corrected chi connectivity index (χ0v) is 14.2. The number of aromatic nitrogens is 1. The minimum absolute atomic E-state index is 0.145. The lowest BCUT2D eigenvalue weighted by molar-refractivity contribution is -0.0884. The molecule has 2 aromatic rings. The summed E-state index contributed by atoms with van der Waals surface area (Å²) in [5.74, 6) is -1.64. The van der Waals surface area contributed by atoms with Crippen LogP contribution in [0.15, 0.2) is 24.4 Å². The van der Waals surface area contributed by atoms with Crippen molar-refractivity contribution in [3.05, 3.63) is 35.0 Å². The summed E-state index contributed by atoms with van der Waals surface area (Å²) in [5, 5.41) is 0.303. The van der Waals surface area contributed by atoms with E-state index in [1.165, 1.54) is 12.3 Å². The molecule has 1 atom stereocenters. The number of fused-ring (bicyclic) bond motifs is 1. The van der Waals surface area contributed by atoms with Crippen molar-refractivity contribution in [2.75, 3.05) is 13.2 Å². The summed E-state index contributed by atoms with van der Waals surface area (Å²) in [6.45, 7) is 5.73. The maximum Gasteiger partial charge on any atom is 0.454 e. The van der Waals surface area contributed by atoms with E-state index in [9.17, 15) is 18.0 Å². The molecule has 1 saturated heterocycles. The number of hydrogen-bond donors (Lipinski definition) is 0. The Balaban J connectivity index is 0.00000100. The van der Waals surface area contributed by atoms with Crippen LogP contribution in [0.3, 0.4) is 0 Å².